The molecule has 3 rings (SSSR count). The van der Waals surface area contributed by atoms with E-state index >= 15 is 0 Å². The number of ether oxygens (including phenoxy) is 2. The fraction of sp³-hybridized carbons (Fsp3) is 0.235. The van der Waals surface area contributed by atoms with Crippen LogP contribution in [0.5, 0.6) is 5.75 Å². The minimum absolute atomic E-state index is 0.553. The molecule has 0 amide bonds. The first-order valence-electron chi connectivity index (χ1n) is 7.33. The van der Waals surface area contributed by atoms with Crippen LogP contribution < -0.4 is 9.46 Å². The zero-order valence-corrected chi connectivity index (χ0v) is 15.4. The maximum absolute atomic E-state index is 10.9. The predicted octanol–water partition coefficient (Wildman–Crippen LogP) is 4.82. The minimum atomic E-state index is 0.553. The van der Waals surface area contributed by atoms with Crippen LogP contribution in [0.2, 0.25) is 0 Å². The Morgan fingerprint density at radius 2 is 2.12 bits per heavy atom. The first-order valence-corrected chi connectivity index (χ1v) is 9.02. The molecule has 0 aliphatic heterocycles. The molecule has 0 fully saturated rings. The number of anilines is 1. The Morgan fingerprint density at radius 1 is 1.33 bits per heavy atom. The SMILES string of the molecule is CCOC.COc1cc(NSc2cccs2)c2[nH]c(C=O)cc2c1. The zero-order valence-electron chi connectivity index (χ0n) is 13.8. The smallest absolute Gasteiger partial charge is 0.166 e. The largest absolute Gasteiger partial charge is 0.497 e. The van der Waals surface area contributed by atoms with E-state index in [0.29, 0.717) is 5.69 Å². The van der Waals surface area contributed by atoms with Crippen LogP contribution in [-0.2, 0) is 4.74 Å². The van der Waals surface area contributed by atoms with Crippen molar-refractivity contribution in [2.24, 2.45) is 0 Å². The lowest BCUT2D eigenvalue weighted by Gasteiger charge is -2.08. The molecule has 0 saturated carbocycles. The summed E-state index contributed by atoms with van der Waals surface area (Å²) in [4.78, 5) is 14.0. The summed E-state index contributed by atoms with van der Waals surface area (Å²) in [6, 6.07) is 9.68. The number of fused-ring (bicyclic) bond motifs is 1. The highest BCUT2D eigenvalue weighted by Crippen LogP contribution is 2.33. The molecule has 0 spiro atoms. The van der Waals surface area contributed by atoms with E-state index < -0.39 is 0 Å². The number of H-pyrrole nitrogens is 1. The van der Waals surface area contributed by atoms with Crippen LogP contribution in [0.3, 0.4) is 0 Å². The molecule has 0 radical (unpaired) electrons. The highest BCUT2D eigenvalue weighted by molar-refractivity contribution is 8.02. The van der Waals surface area contributed by atoms with Gasteiger partial charge in [-0.2, -0.15) is 0 Å². The summed E-state index contributed by atoms with van der Waals surface area (Å²) in [5.41, 5.74) is 2.35. The van der Waals surface area contributed by atoms with Crippen LogP contribution >= 0.6 is 23.3 Å². The van der Waals surface area contributed by atoms with Crippen molar-refractivity contribution in [2.75, 3.05) is 25.5 Å². The Balaban J connectivity index is 0.000000471. The maximum Gasteiger partial charge on any atom is 0.166 e. The van der Waals surface area contributed by atoms with E-state index in [1.54, 1.807) is 25.6 Å². The molecule has 0 unspecified atom stereocenters. The quantitative estimate of drug-likeness (QED) is 0.485. The van der Waals surface area contributed by atoms with Crippen molar-refractivity contribution in [2.45, 2.75) is 11.1 Å². The summed E-state index contributed by atoms with van der Waals surface area (Å²) in [6.07, 6.45) is 0.808. The van der Waals surface area contributed by atoms with Gasteiger partial charge in [-0.15, -0.1) is 11.3 Å². The third kappa shape index (κ3) is 4.77. The summed E-state index contributed by atoms with van der Waals surface area (Å²) in [5, 5.41) is 2.98. The Kier molecular flexibility index (Phi) is 7.17. The Hall–Kier alpha value is -1.96. The van der Waals surface area contributed by atoms with Crippen LogP contribution in [0.4, 0.5) is 5.69 Å². The molecule has 0 bridgehead atoms. The summed E-state index contributed by atoms with van der Waals surface area (Å²) in [6.45, 7) is 2.78. The van der Waals surface area contributed by atoms with E-state index in [4.69, 9.17) is 4.74 Å². The van der Waals surface area contributed by atoms with Gasteiger partial charge in [0.05, 0.1) is 28.2 Å². The molecule has 24 heavy (non-hydrogen) atoms. The number of methoxy groups -OCH3 is 2. The highest BCUT2D eigenvalue weighted by atomic mass is 32.2. The van der Waals surface area contributed by atoms with Crippen molar-refractivity contribution in [3.63, 3.8) is 0 Å². The molecule has 0 aliphatic carbocycles. The first-order chi connectivity index (χ1) is 11.7. The van der Waals surface area contributed by atoms with Gasteiger partial charge in [0.2, 0.25) is 0 Å². The van der Waals surface area contributed by atoms with Gasteiger partial charge in [-0.25, -0.2) is 0 Å². The van der Waals surface area contributed by atoms with Crippen LogP contribution in [0, 0.1) is 0 Å². The van der Waals surface area contributed by atoms with Crippen LogP contribution in [0.25, 0.3) is 10.9 Å². The van der Waals surface area contributed by atoms with Gasteiger partial charge in [0.1, 0.15) is 5.75 Å². The second-order valence-corrected chi connectivity index (χ2v) is 6.75. The predicted molar refractivity (Wildman–Crippen MR) is 102 cm³/mol. The van der Waals surface area contributed by atoms with Gasteiger partial charge in [-0.1, -0.05) is 6.07 Å². The standard InChI is InChI=1S/C14H12N2O2S2.C3H8O/c1-18-11-6-9-5-10(8-17)15-14(9)12(7-11)16-20-13-3-2-4-19-13;1-3-4-2/h2-8,15-16H,1H3;3H2,1-2H3. The van der Waals surface area contributed by atoms with Gasteiger partial charge in [0.15, 0.2) is 6.29 Å². The second kappa shape index (κ2) is 9.36. The molecule has 2 heterocycles. The van der Waals surface area contributed by atoms with Gasteiger partial charge in [-0.3, -0.25) is 4.79 Å². The average Bonchev–Trinajstić information content (AvgIpc) is 3.28. The van der Waals surface area contributed by atoms with E-state index in [1.807, 2.05) is 42.6 Å². The number of aromatic amines is 1. The number of nitrogens with one attached hydrogen (secondary N) is 2. The van der Waals surface area contributed by atoms with E-state index in [0.717, 1.165) is 35.2 Å². The van der Waals surface area contributed by atoms with E-state index in [2.05, 4.69) is 14.4 Å². The summed E-state index contributed by atoms with van der Waals surface area (Å²) in [7, 11) is 3.31. The van der Waals surface area contributed by atoms with Crippen molar-refractivity contribution < 1.29 is 14.3 Å². The maximum atomic E-state index is 10.9. The third-order valence-corrected chi connectivity index (χ3v) is 4.99. The number of thiophene rings is 1. The van der Waals surface area contributed by atoms with Crippen molar-refractivity contribution in [3.8, 4) is 5.75 Å². The molecular weight excluding hydrogens is 344 g/mol. The summed E-state index contributed by atoms with van der Waals surface area (Å²) >= 11 is 3.21. The molecule has 5 nitrogen and oxygen atoms in total. The van der Waals surface area contributed by atoms with Gasteiger partial charge in [-0.05, 0) is 42.5 Å². The molecule has 7 heteroatoms. The lowest BCUT2D eigenvalue weighted by atomic mass is 10.2. The molecule has 0 aliphatic rings. The number of hydrogen-bond donors (Lipinski definition) is 2. The Labute approximate surface area is 149 Å². The molecule has 0 atom stereocenters. The highest BCUT2D eigenvalue weighted by Gasteiger charge is 2.09. The number of carbonyl (C=O) groups is 1. The molecule has 1 aromatic carbocycles. The first kappa shape index (κ1) is 18.4. The number of benzene rings is 1. The number of rotatable bonds is 6. The topological polar surface area (TPSA) is 63.4 Å². The van der Waals surface area contributed by atoms with Gasteiger partial charge in [0.25, 0.3) is 0 Å². The fourth-order valence-corrected chi connectivity index (χ4v) is 3.38. The second-order valence-electron chi connectivity index (χ2n) is 4.70. The number of aromatic nitrogens is 1. The van der Waals surface area contributed by atoms with E-state index in [1.165, 1.54) is 16.2 Å². The summed E-state index contributed by atoms with van der Waals surface area (Å²) in [5.74, 6) is 0.753. The minimum Gasteiger partial charge on any atom is -0.497 e. The van der Waals surface area contributed by atoms with Crippen LogP contribution in [0.15, 0.2) is 39.9 Å². The van der Waals surface area contributed by atoms with Gasteiger partial charge in [0, 0.05) is 25.2 Å². The molecule has 0 saturated heterocycles. The third-order valence-electron chi connectivity index (χ3n) is 3.13. The average molecular weight is 364 g/mol. The summed E-state index contributed by atoms with van der Waals surface area (Å²) < 4.78 is 14.3. The van der Waals surface area contributed by atoms with Crippen LogP contribution in [-0.4, -0.2) is 32.1 Å². The van der Waals surface area contributed by atoms with Crippen molar-refractivity contribution in [1.82, 2.24) is 4.98 Å². The van der Waals surface area contributed by atoms with Crippen molar-refractivity contribution >= 4 is 46.2 Å². The van der Waals surface area contributed by atoms with Gasteiger partial charge >= 0.3 is 0 Å². The normalized spacial score (nSPS) is 10.1. The molecule has 3 aromatic rings. The zero-order chi connectivity index (χ0) is 17.4. The van der Waals surface area contributed by atoms with Crippen molar-refractivity contribution in [3.05, 3.63) is 41.4 Å². The Morgan fingerprint density at radius 3 is 2.71 bits per heavy atom. The van der Waals surface area contributed by atoms with E-state index in [-0.39, 0.29) is 0 Å². The number of aldehydes is 1. The van der Waals surface area contributed by atoms with Gasteiger partial charge < -0.3 is 19.2 Å². The Bertz CT molecular complexity index is 768. The van der Waals surface area contributed by atoms with Crippen molar-refractivity contribution in [1.29, 1.82) is 0 Å². The fourth-order valence-electron chi connectivity index (χ4n) is 1.93. The lowest BCUT2D eigenvalue weighted by Crippen LogP contribution is -1.90. The monoisotopic (exact) mass is 364 g/mol. The number of hydrogen-bond acceptors (Lipinski definition) is 6. The molecule has 2 aromatic heterocycles. The molecule has 128 valence electrons. The van der Waals surface area contributed by atoms with E-state index in [9.17, 15) is 4.79 Å². The lowest BCUT2D eigenvalue weighted by molar-refractivity contribution is 0.112. The molecular formula is C17H20N2O3S2. The molecule has 2 N–H and O–H groups in total. The van der Waals surface area contributed by atoms with Crippen LogP contribution in [0.1, 0.15) is 17.4 Å². The number of carbonyl (C=O) groups excluding carboxylic acids is 1.